The van der Waals surface area contributed by atoms with Crippen LogP contribution in [0.25, 0.3) is 0 Å². The van der Waals surface area contributed by atoms with Crippen LogP contribution < -0.4 is 10.6 Å². The van der Waals surface area contributed by atoms with Gasteiger partial charge in [0, 0.05) is 13.1 Å². The first-order valence-corrected chi connectivity index (χ1v) is 11.6. The highest BCUT2D eigenvalue weighted by molar-refractivity contribution is 5.87. The number of carboxylic acids is 2. The van der Waals surface area contributed by atoms with Crippen LogP contribution in [-0.4, -0.2) is 34.0 Å². The minimum Gasteiger partial charge on any atom is -0.481 e. The van der Waals surface area contributed by atoms with Gasteiger partial charge < -0.3 is 20.8 Å². The number of benzene rings is 1. The Labute approximate surface area is 199 Å². The van der Waals surface area contributed by atoms with Crippen LogP contribution in [0.1, 0.15) is 50.7 Å². The smallest absolute Gasteiger partial charge is 0.311 e. The predicted molar refractivity (Wildman–Crippen MR) is 125 cm³/mol. The molecule has 4 N–H and O–H groups in total. The van der Waals surface area contributed by atoms with Crippen molar-refractivity contribution in [3.05, 3.63) is 58.7 Å². The molecule has 0 saturated carbocycles. The molecule has 0 heterocycles. The Morgan fingerprint density at radius 2 is 1.21 bits per heavy atom. The summed E-state index contributed by atoms with van der Waals surface area (Å²) in [6.07, 6.45) is 5.75. The van der Waals surface area contributed by atoms with E-state index in [9.17, 15) is 29.4 Å². The van der Waals surface area contributed by atoms with Gasteiger partial charge in [0.1, 0.15) is 0 Å². The molecule has 1 aromatic rings. The highest BCUT2D eigenvalue weighted by Gasteiger charge is 2.35. The first kappa shape index (κ1) is 25.2. The van der Waals surface area contributed by atoms with E-state index in [1.54, 1.807) is 12.2 Å². The average molecular weight is 469 g/mol. The second-order valence-corrected chi connectivity index (χ2v) is 9.30. The van der Waals surface area contributed by atoms with Gasteiger partial charge in [-0.2, -0.15) is 0 Å². The van der Waals surface area contributed by atoms with Gasteiger partial charge in [-0.15, -0.1) is 0 Å². The summed E-state index contributed by atoms with van der Waals surface area (Å²) < 4.78 is 0. The van der Waals surface area contributed by atoms with E-state index in [0.29, 0.717) is 25.7 Å². The van der Waals surface area contributed by atoms with Gasteiger partial charge in [0.15, 0.2) is 0 Å². The van der Waals surface area contributed by atoms with Gasteiger partial charge in [0.25, 0.3) is 0 Å². The maximum Gasteiger partial charge on any atom is 0.311 e. The molecular formula is C26H32N2O6. The Balaban J connectivity index is 1.56. The fraction of sp³-hybridized carbons (Fsp3) is 0.462. The molecule has 8 nitrogen and oxygen atoms in total. The van der Waals surface area contributed by atoms with Crippen LogP contribution in [0.15, 0.2) is 47.6 Å². The number of amides is 2. The number of allylic oxidation sites excluding steroid dienone is 2. The molecule has 4 atom stereocenters. The third-order valence-electron chi connectivity index (χ3n) is 6.66. The predicted octanol–water partition coefficient (Wildman–Crippen LogP) is 3.03. The Hall–Kier alpha value is -3.42. The van der Waals surface area contributed by atoms with Gasteiger partial charge in [-0.05, 0) is 50.7 Å². The molecule has 8 heteroatoms. The zero-order valence-electron chi connectivity index (χ0n) is 19.5. The first-order chi connectivity index (χ1) is 16.2. The highest BCUT2D eigenvalue weighted by atomic mass is 16.4. The van der Waals surface area contributed by atoms with Gasteiger partial charge in [-0.25, -0.2) is 0 Å². The second kappa shape index (κ2) is 11.1. The first-order valence-electron chi connectivity index (χ1n) is 11.6. The SMILES string of the molecule is CC1=CC(C(=O)O)C(C(=O)NCc2cccc(CNC(=O)C3CCC(C)=CC3C(=O)O)c2)CC1. The minimum absolute atomic E-state index is 0.250. The van der Waals surface area contributed by atoms with E-state index in [0.717, 1.165) is 22.3 Å². The second-order valence-electron chi connectivity index (χ2n) is 9.30. The number of aliphatic carboxylic acids is 2. The van der Waals surface area contributed by atoms with Gasteiger partial charge in [0.2, 0.25) is 11.8 Å². The van der Waals surface area contributed by atoms with Crippen molar-refractivity contribution in [2.24, 2.45) is 23.7 Å². The van der Waals surface area contributed by atoms with E-state index in [-0.39, 0.29) is 24.9 Å². The zero-order valence-corrected chi connectivity index (χ0v) is 19.5. The van der Waals surface area contributed by atoms with Crippen LogP contribution in [0, 0.1) is 23.7 Å². The van der Waals surface area contributed by atoms with E-state index in [1.807, 2.05) is 38.1 Å². The Bertz CT molecular complexity index is 951. The Morgan fingerprint density at radius 3 is 1.59 bits per heavy atom. The lowest BCUT2D eigenvalue weighted by molar-refractivity contribution is -0.145. The quantitative estimate of drug-likeness (QED) is 0.434. The lowest BCUT2D eigenvalue weighted by Crippen LogP contribution is -2.39. The van der Waals surface area contributed by atoms with Gasteiger partial charge in [-0.3, -0.25) is 19.2 Å². The van der Waals surface area contributed by atoms with Crippen LogP contribution >= 0.6 is 0 Å². The van der Waals surface area contributed by atoms with E-state index in [2.05, 4.69) is 10.6 Å². The number of hydrogen-bond donors (Lipinski definition) is 4. The van der Waals surface area contributed by atoms with Gasteiger partial charge >= 0.3 is 11.9 Å². The highest BCUT2D eigenvalue weighted by Crippen LogP contribution is 2.30. The summed E-state index contributed by atoms with van der Waals surface area (Å²) in [5.74, 6) is -5.38. The minimum atomic E-state index is -0.995. The van der Waals surface area contributed by atoms with E-state index in [4.69, 9.17) is 0 Å². The normalized spacial score (nSPS) is 24.4. The maximum atomic E-state index is 12.7. The molecule has 3 rings (SSSR count). The molecule has 2 aliphatic carbocycles. The standard InChI is InChI=1S/C26H32N2O6/c1-15-6-8-19(21(10-15)25(31)32)23(29)27-13-17-4-3-5-18(12-17)14-28-24(30)20-9-7-16(2)11-22(20)26(33)34/h3-5,10-12,19-22H,6-9,13-14H2,1-2H3,(H,27,29)(H,28,30)(H,31,32)(H,33,34). The van der Waals surface area contributed by atoms with Crippen molar-refractivity contribution in [1.29, 1.82) is 0 Å². The molecule has 0 aliphatic heterocycles. The summed E-state index contributed by atoms with van der Waals surface area (Å²) in [5, 5.41) is 24.6. The molecule has 34 heavy (non-hydrogen) atoms. The molecule has 1 aromatic carbocycles. The molecule has 2 aliphatic rings. The number of carbonyl (C=O) groups is 4. The van der Waals surface area contributed by atoms with Crippen molar-refractivity contribution in [3.63, 3.8) is 0 Å². The van der Waals surface area contributed by atoms with Crippen molar-refractivity contribution in [1.82, 2.24) is 10.6 Å². The number of hydrogen-bond acceptors (Lipinski definition) is 4. The van der Waals surface area contributed by atoms with E-state index in [1.165, 1.54) is 0 Å². The number of rotatable bonds is 8. The Kier molecular flexibility index (Phi) is 8.26. The third kappa shape index (κ3) is 6.34. The van der Waals surface area contributed by atoms with Gasteiger partial charge in [-0.1, -0.05) is 47.6 Å². The number of nitrogens with one attached hydrogen (secondary N) is 2. The molecule has 0 fully saturated rings. The largest absolute Gasteiger partial charge is 0.481 e. The van der Waals surface area contributed by atoms with Crippen molar-refractivity contribution in [2.45, 2.75) is 52.6 Å². The molecule has 0 saturated heterocycles. The van der Waals surface area contributed by atoms with Crippen LogP contribution in [-0.2, 0) is 32.3 Å². The van der Waals surface area contributed by atoms with Crippen LogP contribution in [0.4, 0.5) is 0 Å². The van der Waals surface area contributed by atoms with Crippen molar-refractivity contribution in [3.8, 4) is 0 Å². The molecule has 4 unspecified atom stereocenters. The molecule has 0 bridgehead atoms. The van der Waals surface area contributed by atoms with Crippen molar-refractivity contribution >= 4 is 23.8 Å². The van der Waals surface area contributed by atoms with Crippen molar-refractivity contribution < 1.29 is 29.4 Å². The fourth-order valence-corrected chi connectivity index (χ4v) is 4.70. The number of carbonyl (C=O) groups excluding carboxylic acids is 2. The molecule has 182 valence electrons. The summed E-state index contributed by atoms with van der Waals surface area (Å²) in [6, 6.07) is 7.38. The van der Waals surface area contributed by atoms with Crippen LogP contribution in [0.3, 0.4) is 0 Å². The maximum absolute atomic E-state index is 12.7. The third-order valence-corrected chi connectivity index (χ3v) is 6.66. The molecular weight excluding hydrogens is 436 g/mol. The Morgan fingerprint density at radius 1 is 0.794 bits per heavy atom. The lowest BCUT2D eigenvalue weighted by atomic mass is 9.80. The molecule has 0 aromatic heterocycles. The summed E-state index contributed by atoms with van der Waals surface area (Å²) in [7, 11) is 0. The zero-order chi connectivity index (χ0) is 24.8. The molecule has 0 spiro atoms. The number of carboxylic acid groups (broad SMARTS) is 2. The lowest BCUT2D eigenvalue weighted by Gasteiger charge is -2.26. The average Bonchev–Trinajstić information content (AvgIpc) is 2.81. The van der Waals surface area contributed by atoms with Crippen molar-refractivity contribution in [2.75, 3.05) is 0 Å². The van der Waals surface area contributed by atoms with Crippen LogP contribution in [0.2, 0.25) is 0 Å². The van der Waals surface area contributed by atoms with E-state index >= 15 is 0 Å². The van der Waals surface area contributed by atoms with Gasteiger partial charge in [0.05, 0.1) is 23.7 Å². The topological polar surface area (TPSA) is 133 Å². The molecule has 0 radical (unpaired) electrons. The fourth-order valence-electron chi connectivity index (χ4n) is 4.70. The van der Waals surface area contributed by atoms with Crippen LogP contribution in [0.5, 0.6) is 0 Å². The monoisotopic (exact) mass is 468 g/mol. The van der Waals surface area contributed by atoms with E-state index < -0.39 is 35.6 Å². The summed E-state index contributed by atoms with van der Waals surface area (Å²) in [4.78, 5) is 48.4. The molecule has 2 amide bonds. The summed E-state index contributed by atoms with van der Waals surface area (Å²) >= 11 is 0. The summed E-state index contributed by atoms with van der Waals surface area (Å²) in [5.41, 5.74) is 3.63. The summed E-state index contributed by atoms with van der Waals surface area (Å²) in [6.45, 7) is 4.25.